The van der Waals surface area contributed by atoms with E-state index in [1.54, 1.807) is 0 Å². The number of nitrogens with one attached hydrogen (secondary N) is 1. The summed E-state index contributed by atoms with van der Waals surface area (Å²) in [5.41, 5.74) is -0.00233. The van der Waals surface area contributed by atoms with Gasteiger partial charge in [-0.05, 0) is 12.1 Å². The average molecular weight is 454 g/mol. The summed E-state index contributed by atoms with van der Waals surface area (Å²) in [5.74, 6) is -3.14. The van der Waals surface area contributed by atoms with E-state index in [-0.39, 0.29) is 34.9 Å². The number of carboxylic acid groups (broad SMARTS) is 1. The van der Waals surface area contributed by atoms with Crippen LogP contribution in [0.15, 0.2) is 40.7 Å². The third-order valence-corrected chi connectivity index (χ3v) is 6.01. The molecular weight excluding hydrogens is 438 g/mol. The Bertz CT molecular complexity index is 976. The Hall–Kier alpha value is -3.05. The Morgan fingerprint density at radius 2 is 2.00 bits per heavy atom. The number of aliphatic carboxylic acids is 1. The molecule has 0 unspecified atom stereocenters. The van der Waals surface area contributed by atoms with E-state index in [0.29, 0.717) is 5.02 Å². The number of carbonyl (C=O) groups is 4. The van der Waals surface area contributed by atoms with Gasteiger partial charge in [0.2, 0.25) is 0 Å². The molecule has 0 aromatic heterocycles. The van der Waals surface area contributed by atoms with Crippen molar-refractivity contribution in [1.82, 2.24) is 10.2 Å². The van der Waals surface area contributed by atoms with E-state index in [1.807, 2.05) is 0 Å². The lowest BCUT2D eigenvalue weighted by Crippen LogP contribution is -2.71. The summed E-state index contributed by atoms with van der Waals surface area (Å²) >= 11 is 7.03. The van der Waals surface area contributed by atoms with Crippen LogP contribution in [-0.4, -0.2) is 68.5 Å². The van der Waals surface area contributed by atoms with Gasteiger partial charge in [-0.2, -0.15) is 0 Å². The molecule has 3 rings (SSSR count). The van der Waals surface area contributed by atoms with E-state index in [4.69, 9.17) is 16.3 Å². The Morgan fingerprint density at radius 1 is 1.33 bits per heavy atom. The monoisotopic (exact) mass is 453 g/mol. The van der Waals surface area contributed by atoms with Crippen molar-refractivity contribution in [3.63, 3.8) is 0 Å². The summed E-state index contributed by atoms with van der Waals surface area (Å²) in [4.78, 5) is 48.9. The van der Waals surface area contributed by atoms with E-state index in [2.05, 4.69) is 10.5 Å². The zero-order valence-electron chi connectivity index (χ0n) is 15.5. The molecule has 1 saturated heterocycles. The predicted octanol–water partition coefficient (Wildman–Crippen LogP) is 0.820. The van der Waals surface area contributed by atoms with Crippen molar-refractivity contribution in [2.45, 2.75) is 18.3 Å². The van der Waals surface area contributed by atoms with E-state index < -0.39 is 35.2 Å². The first-order valence-electron chi connectivity index (χ1n) is 8.56. The van der Waals surface area contributed by atoms with Crippen molar-refractivity contribution < 1.29 is 34.2 Å². The number of thioether (sulfide) groups is 1. The molecule has 0 saturated carbocycles. The first-order chi connectivity index (χ1) is 14.2. The van der Waals surface area contributed by atoms with Crippen LogP contribution >= 0.6 is 23.4 Å². The lowest BCUT2D eigenvalue weighted by Gasteiger charge is -2.49. The molecule has 3 N–H and O–H groups in total. The quantitative estimate of drug-likeness (QED) is 0.189. The molecule has 0 bridgehead atoms. The van der Waals surface area contributed by atoms with Gasteiger partial charge in [-0.15, -0.1) is 11.8 Å². The Balaban J connectivity index is 1.76. The van der Waals surface area contributed by atoms with E-state index in [1.165, 1.54) is 43.0 Å². The number of benzene rings is 1. The maximum Gasteiger partial charge on any atom is 0.352 e. The largest absolute Gasteiger partial charge is 0.477 e. The molecule has 30 heavy (non-hydrogen) atoms. The van der Waals surface area contributed by atoms with Crippen molar-refractivity contribution in [3.8, 4) is 0 Å². The molecular formula is C18H16ClN3O7S. The minimum Gasteiger partial charge on any atom is -0.477 e. The lowest BCUT2D eigenvalue weighted by atomic mass is 10.0. The number of carboxylic acids is 1. The van der Waals surface area contributed by atoms with Gasteiger partial charge < -0.3 is 20.4 Å². The van der Waals surface area contributed by atoms with Crippen molar-refractivity contribution in [3.05, 3.63) is 46.1 Å². The highest BCUT2D eigenvalue weighted by atomic mass is 35.5. The molecule has 12 heteroatoms. The molecule has 0 radical (unpaired) electrons. The Labute approximate surface area is 179 Å². The molecule has 2 amide bonds. The van der Waals surface area contributed by atoms with Crippen LogP contribution < -0.4 is 5.32 Å². The van der Waals surface area contributed by atoms with E-state index in [0.717, 1.165) is 4.90 Å². The number of hydrogen-bond donors (Lipinski definition) is 3. The zero-order valence-corrected chi connectivity index (χ0v) is 17.1. The second kappa shape index (κ2) is 8.76. The van der Waals surface area contributed by atoms with Crippen molar-refractivity contribution >= 4 is 52.8 Å². The van der Waals surface area contributed by atoms with Gasteiger partial charge in [0.15, 0.2) is 5.71 Å². The number of ether oxygens (including phenoxy) is 1. The highest BCUT2D eigenvalue weighted by Crippen LogP contribution is 2.40. The summed E-state index contributed by atoms with van der Waals surface area (Å²) in [6.45, 7) is 0.955. The zero-order chi connectivity index (χ0) is 22.0. The maximum atomic E-state index is 12.6. The highest BCUT2D eigenvalue weighted by molar-refractivity contribution is 8.00. The minimum atomic E-state index is -1.33. The molecule has 2 aliphatic heterocycles. The summed E-state index contributed by atoms with van der Waals surface area (Å²) in [6.07, 6.45) is 0. The Kier molecular flexibility index (Phi) is 6.32. The van der Waals surface area contributed by atoms with Gasteiger partial charge in [0.25, 0.3) is 11.8 Å². The van der Waals surface area contributed by atoms with Crippen LogP contribution in [-0.2, 0) is 23.9 Å². The molecule has 0 aliphatic carbocycles. The smallest absolute Gasteiger partial charge is 0.352 e. The fourth-order valence-electron chi connectivity index (χ4n) is 3.03. The van der Waals surface area contributed by atoms with Crippen molar-refractivity contribution in [2.75, 3.05) is 12.4 Å². The second-order valence-electron chi connectivity index (χ2n) is 6.35. The molecule has 1 aromatic rings. The number of esters is 1. The van der Waals surface area contributed by atoms with Crippen LogP contribution in [0.4, 0.5) is 0 Å². The van der Waals surface area contributed by atoms with Crippen LogP contribution in [0.25, 0.3) is 0 Å². The van der Waals surface area contributed by atoms with Crippen LogP contribution in [0.3, 0.4) is 0 Å². The number of oxime groups is 1. The maximum absolute atomic E-state index is 12.6. The van der Waals surface area contributed by atoms with Crippen LogP contribution in [0, 0.1) is 0 Å². The standard InChI is InChI=1S/C18H16ClN3O7S/c1-8(23)29-6-10-7-30-17-13(16(25)22(17)14(10)18(26)27)20-15(24)12(21-28)9-2-4-11(19)5-3-9/h2-5,13,17,28H,6-7H2,1H3,(H,20,24)(H,26,27)/b21-12-/t13-,17-/m1/s1. The van der Waals surface area contributed by atoms with Gasteiger partial charge in [-0.1, -0.05) is 28.9 Å². The van der Waals surface area contributed by atoms with Gasteiger partial charge in [0.05, 0.1) is 0 Å². The molecule has 2 aliphatic rings. The summed E-state index contributed by atoms with van der Waals surface area (Å²) in [7, 11) is 0. The highest BCUT2D eigenvalue weighted by Gasteiger charge is 2.54. The fourth-order valence-corrected chi connectivity index (χ4v) is 4.49. The first kappa shape index (κ1) is 21.7. The normalized spacial score (nSPS) is 20.9. The van der Waals surface area contributed by atoms with E-state index in [9.17, 15) is 29.5 Å². The number of β-lactam (4-membered cyclic amide) rings is 1. The molecule has 10 nitrogen and oxygen atoms in total. The number of rotatable bonds is 6. The number of hydrogen-bond acceptors (Lipinski definition) is 8. The molecule has 2 atom stereocenters. The van der Waals surface area contributed by atoms with Gasteiger partial charge in [-0.25, -0.2) is 4.79 Å². The Morgan fingerprint density at radius 3 is 2.57 bits per heavy atom. The summed E-state index contributed by atoms with van der Waals surface area (Å²) in [6, 6.07) is 4.98. The van der Waals surface area contributed by atoms with Crippen LogP contribution in [0.1, 0.15) is 12.5 Å². The predicted molar refractivity (Wildman–Crippen MR) is 106 cm³/mol. The van der Waals surface area contributed by atoms with Gasteiger partial charge in [0.1, 0.15) is 23.7 Å². The lowest BCUT2D eigenvalue weighted by molar-refractivity contribution is -0.150. The number of halogens is 1. The minimum absolute atomic E-state index is 0.202. The fraction of sp³-hybridized carbons (Fsp3) is 0.278. The molecule has 1 fully saturated rings. The third kappa shape index (κ3) is 4.12. The molecule has 1 aromatic carbocycles. The third-order valence-electron chi connectivity index (χ3n) is 4.42. The number of nitrogens with zero attached hydrogens (tertiary/aromatic N) is 2. The first-order valence-corrected chi connectivity index (χ1v) is 9.99. The number of carbonyl (C=O) groups excluding carboxylic acids is 3. The van der Waals surface area contributed by atoms with E-state index >= 15 is 0 Å². The second-order valence-corrected chi connectivity index (χ2v) is 7.90. The average Bonchev–Trinajstić information content (AvgIpc) is 2.71. The summed E-state index contributed by atoms with van der Waals surface area (Å²) in [5, 5.41) is 24.0. The topological polar surface area (TPSA) is 146 Å². The van der Waals surface area contributed by atoms with Gasteiger partial charge >= 0.3 is 11.9 Å². The molecule has 2 heterocycles. The van der Waals surface area contributed by atoms with Gasteiger partial charge in [0, 0.05) is 28.8 Å². The van der Waals surface area contributed by atoms with Crippen LogP contribution in [0.5, 0.6) is 0 Å². The van der Waals surface area contributed by atoms with Crippen molar-refractivity contribution in [1.29, 1.82) is 0 Å². The number of fused-ring (bicyclic) bond motifs is 1. The molecule has 0 spiro atoms. The number of amides is 2. The SMILES string of the molecule is CC(=O)OCC1=C(C(=O)O)N2C(=O)[C@@H](NC(=O)/C(=N\O)c3ccc(Cl)cc3)[C@H]2SC1. The van der Waals surface area contributed by atoms with Crippen LogP contribution in [0.2, 0.25) is 5.02 Å². The van der Waals surface area contributed by atoms with Gasteiger partial charge in [-0.3, -0.25) is 19.3 Å². The molecule has 158 valence electrons. The summed E-state index contributed by atoms with van der Waals surface area (Å²) < 4.78 is 4.87. The van der Waals surface area contributed by atoms with Crippen molar-refractivity contribution in [2.24, 2.45) is 5.16 Å².